The quantitative estimate of drug-likeness (QED) is 0.00942. The Bertz CT molecular complexity index is 4640. The zero-order chi connectivity index (χ0) is 110. The van der Waals surface area contributed by atoms with Crippen LogP contribution in [0.5, 0.6) is 0 Å². The van der Waals surface area contributed by atoms with Gasteiger partial charge in [0.1, 0.15) is 182 Å². The second-order valence-electron chi connectivity index (χ2n) is 46.2. The summed E-state index contributed by atoms with van der Waals surface area (Å²) in [4.78, 5) is 45.6. The molecule has 5 aliphatic carbocycles. The van der Waals surface area contributed by atoms with Gasteiger partial charge in [0.25, 0.3) is 0 Å². The van der Waals surface area contributed by atoms with Crippen molar-refractivity contribution in [3.05, 3.63) is 60.3 Å². The van der Waals surface area contributed by atoms with Crippen molar-refractivity contribution in [2.24, 2.45) is 50.2 Å². The molecule has 0 aromatic carbocycles. The van der Waals surface area contributed by atoms with Gasteiger partial charge >= 0.3 is 17.9 Å². The molecule has 14 rings (SSSR count). The van der Waals surface area contributed by atoms with Gasteiger partial charge in [0.2, 0.25) is 6.29 Å². The van der Waals surface area contributed by atoms with Crippen LogP contribution in [0.3, 0.4) is 0 Å². The minimum Gasteiger partial charge on any atom is -0.458 e. The lowest BCUT2D eigenvalue weighted by Gasteiger charge is -2.72. The second-order valence-corrected chi connectivity index (χ2v) is 46.2. The van der Waals surface area contributed by atoms with Crippen molar-refractivity contribution in [1.29, 1.82) is 0 Å². The first-order valence-electron chi connectivity index (χ1n) is 52.1. The van der Waals surface area contributed by atoms with E-state index in [4.69, 9.17) is 94.7 Å². The third kappa shape index (κ3) is 23.2. The molecule has 25 N–H and O–H groups in total. The topological polar surface area (TPSA) is 742 Å². The Morgan fingerprint density at radius 3 is 1.41 bits per heavy atom. The Morgan fingerprint density at radius 2 is 0.840 bits per heavy atom. The molecule has 150 heavy (non-hydrogen) atoms. The Morgan fingerprint density at radius 1 is 0.413 bits per heavy atom. The Hall–Kier alpha value is -4.57. The summed E-state index contributed by atoms with van der Waals surface area (Å²) in [6.07, 6.45) is -67.3. The molecule has 0 unspecified atom stereocenters. The number of hydrogen-bond donors (Lipinski definition) is 25. The van der Waals surface area contributed by atoms with E-state index in [-0.39, 0.29) is 61.5 Å². The van der Waals surface area contributed by atoms with Crippen LogP contribution in [0.2, 0.25) is 0 Å². The molecule has 0 amide bonds. The molecule has 9 aliphatic heterocycles. The van der Waals surface area contributed by atoms with Crippen LogP contribution in [0.1, 0.15) is 181 Å². The summed E-state index contributed by atoms with van der Waals surface area (Å²) < 4.78 is 122. The Balaban J connectivity index is 0.711. The molecule has 13 fully saturated rings. The maximum atomic E-state index is 16.9. The number of ether oxygens (including phenoxy) is 20. The molecular weight excluding hydrogens is 1990 g/mol. The van der Waals surface area contributed by atoms with Crippen LogP contribution in [-0.2, 0) is 109 Å². The van der Waals surface area contributed by atoms with Crippen molar-refractivity contribution < 1.29 is 237 Å². The number of fused-ring (bicyclic) bond motifs is 7. The van der Waals surface area contributed by atoms with E-state index in [9.17, 15) is 132 Å². The molecule has 9 heterocycles. The van der Waals surface area contributed by atoms with Gasteiger partial charge in [-0.25, -0.2) is 9.59 Å². The number of allylic oxidation sites excluding steroid dienone is 4. The predicted octanol–water partition coefficient (Wildman–Crippen LogP) is -5.16. The number of hydrogen-bond acceptors (Lipinski definition) is 48. The van der Waals surface area contributed by atoms with Crippen LogP contribution in [-0.4, -0.2) is 472 Å². The summed E-state index contributed by atoms with van der Waals surface area (Å²) in [6, 6.07) is 0. The summed E-state index contributed by atoms with van der Waals surface area (Å²) in [5, 5.41) is 280. The van der Waals surface area contributed by atoms with Crippen molar-refractivity contribution in [3.8, 4) is 0 Å². The first-order chi connectivity index (χ1) is 70.2. The number of esters is 3. The van der Waals surface area contributed by atoms with Crippen molar-refractivity contribution in [2.75, 3.05) is 33.0 Å². The van der Waals surface area contributed by atoms with E-state index in [1.54, 1.807) is 26.0 Å². The van der Waals surface area contributed by atoms with E-state index in [0.29, 0.717) is 32.1 Å². The van der Waals surface area contributed by atoms with Gasteiger partial charge in [-0.05, 0) is 165 Å². The molecule has 0 bridgehead atoms. The van der Waals surface area contributed by atoms with Gasteiger partial charge < -0.3 is 222 Å². The minimum atomic E-state index is -2.28. The summed E-state index contributed by atoms with van der Waals surface area (Å²) in [5.74, 6) is -4.34. The normalized spacial score (nSPS) is 49.7. The van der Waals surface area contributed by atoms with E-state index in [1.807, 2.05) is 27.7 Å². The fraction of sp³-hybridized carbons (Fsp3) is 0.873. The molecule has 48 heteroatoms. The van der Waals surface area contributed by atoms with Crippen molar-refractivity contribution in [1.82, 2.24) is 0 Å². The minimum absolute atomic E-state index is 0.0135. The van der Waals surface area contributed by atoms with Crippen molar-refractivity contribution >= 4 is 17.9 Å². The van der Waals surface area contributed by atoms with E-state index < -0.39 is 389 Å². The van der Waals surface area contributed by atoms with Crippen LogP contribution >= 0.6 is 0 Å². The molecule has 14 aliphatic rings. The van der Waals surface area contributed by atoms with Crippen LogP contribution in [0, 0.1) is 50.2 Å². The van der Waals surface area contributed by atoms with E-state index in [2.05, 4.69) is 40.0 Å². The highest BCUT2D eigenvalue weighted by atomic mass is 16.8. The second kappa shape index (κ2) is 47.4. The number of aliphatic hydroxyl groups excluding tert-OH is 25. The fourth-order valence-electron chi connectivity index (χ4n) is 25.6. The van der Waals surface area contributed by atoms with Gasteiger partial charge in [-0.3, -0.25) is 4.79 Å². The van der Waals surface area contributed by atoms with E-state index in [1.165, 1.54) is 53.7 Å². The zero-order valence-corrected chi connectivity index (χ0v) is 87.2. The molecule has 0 aromatic heterocycles. The first kappa shape index (κ1) is 121. The van der Waals surface area contributed by atoms with Crippen LogP contribution in [0.15, 0.2) is 60.3 Å². The maximum Gasteiger partial charge on any atom is 0.333 e. The van der Waals surface area contributed by atoms with Crippen LogP contribution in [0.25, 0.3) is 0 Å². The third-order valence-electron chi connectivity index (χ3n) is 35.6. The van der Waals surface area contributed by atoms with Gasteiger partial charge in [0.15, 0.2) is 62.5 Å². The number of carbonyl (C=O) groups excluding carboxylic acids is 3. The molecule has 55 atom stereocenters. The lowest BCUT2D eigenvalue weighted by atomic mass is 9.33. The molecule has 0 radical (unpaired) electrons. The summed E-state index contributed by atoms with van der Waals surface area (Å²) in [5.41, 5.74) is -8.00. The first-order valence-corrected chi connectivity index (χ1v) is 52.1. The molecule has 9 saturated heterocycles. The summed E-state index contributed by atoms with van der Waals surface area (Å²) in [7, 11) is 0. The molecule has 48 nitrogen and oxygen atoms in total. The van der Waals surface area contributed by atoms with Crippen LogP contribution in [0.4, 0.5) is 0 Å². The van der Waals surface area contributed by atoms with Crippen molar-refractivity contribution in [2.45, 2.75) is 475 Å². The lowest BCUT2D eigenvalue weighted by molar-refractivity contribution is -0.390. The van der Waals surface area contributed by atoms with Gasteiger partial charge in [-0.2, -0.15) is 0 Å². The summed E-state index contributed by atoms with van der Waals surface area (Å²) in [6.45, 7) is 30.2. The average molecular weight is 2160 g/mol. The highest BCUT2D eigenvalue weighted by molar-refractivity contribution is 5.88. The number of aliphatic hydroxyl groups is 25. The van der Waals surface area contributed by atoms with Crippen LogP contribution < -0.4 is 0 Å². The largest absolute Gasteiger partial charge is 0.458 e. The van der Waals surface area contributed by atoms with Crippen molar-refractivity contribution in [3.63, 3.8) is 0 Å². The molecule has 0 aromatic rings. The lowest BCUT2D eigenvalue weighted by Crippen LogP contribution is -2.70. The molecule has 4 saturated carbocycles. The summed E-state index contributed by atoms with van der Waals surface area (Å²) >= 11 is 0. The Kier molecular flexibility index (Phi) is 38.2. The monoisotopic (exact) mass is 2160 g/mol. The standard InChI is InChI=1S/C102H162O48/c1-18-97(13,149-90-75(125)65(115)58(108)42(5)133-90)29-21-23-41(4)84(129)143-78-44(7)136-91(76(126)70(78)120)150-98(14,19-2)28-20-22-40(3)83(128)141-57-34-102(94(130)148-93-82(69(119)62(112)50(36-104)139-93)147-89-77(127)80(145-88-74(124)66(116)61(111)49(35-103)137-88)79(45(8)135-89)144-87-72(122)63(113)51(37-105)138-87)47(32-95(57,9)10)46-24-25-54-99(15)30-27-56(96(11,12)53(99)26-31-100(54,16)101(46,17)33-55(102)107)142-86-73(123)67(117)64(114)52(140-86)39-132-92-81(68(118)59(109)43(6)134-92)146-85-71(121)60(110)48(106)38-131-85/h18-19,22-24,42-45,47-82,85-93,103-127H,1-2,20-21,25-39H2,3-17H3/b40-22+,41-23+/t42-,43-,44-,45+,47+,48-,49-,50-,51+,52-,53+,54-,55-,56+,57+,58-,59+,60+,61-,62-,63+,64-,65+,66+,67+,68+,69+,70-,71-,72-,73-,74-,75-,76-,77-,78-,79+,80+,81-,82-,85+,86+,87+,88+,89+,90-,91+,92-,93-,97-,98-,99+,100-,101-,102-/m1/s1. The molecule has 858 valence electrons. The Labute approximate surface area is 869 Å². The SMILES string of the molecule is C=C[C@](C)(CC/C=C(\C)C(=O)O[C@H]1[C@H](O)[C@@H](O)[C@H](O[C@](C)(C=C)CC/C=C(\C)C(=O)O[C@H]2C[C@]3(C(=O)O[C@H]4O[C@H](CO)[C@@H](O)[C@H](O)[C@H]4O[C@@H]4O[C@@H](C)[C@H](O[C@@H]5O[C@@H](CO)[C@H](O)[C@H]5O)[C@@H](O[C@@H]5O[C@H](CO)[C@@H](O)[C@H](O)[C@H]5O)[C@H]4O)[C@H](O)C[C@]4(C)C(=CC[C@@H]5[C@@]6(C)CC[C@H](O[C@@H]7O[C@H](CO[C@@H]8O[C@H](C)[C@H](O)[C@H](O)[C@H]8O[C@@H]8OC[C@@H](O)[C@H](O)[C@H]8O)[C@@H](O)[C@H](O)[C@H]7O)C(C)(C)[C@@H]6CC[C@]54C)[C@@H]3CC2(C)C)O[C@@H]1C)O[C@H]1O[C@H](C)[C@@H](O)[C@H](O)[C@H]1O. The molecular formula is C102H162O48. The smallest absolute Gasteiger partial charge is 0.333 e. The number of rotatable bonds is 34. The van der Waals surface area contributed by atoms with Gasteiger partial charge in [0.05, 0.1) is 80.9 Å². The highest BCUT2D eigenvalue weighted by Crippen LogP contribution is 2.77. The number of carbonyl (C=O) groups is 3. The third-order valence-corrected chi connectivity index (χ3v) is 35.6. The fourth-order valence-corrected chi connectivity index (χ4v) is 25.6. The van der Waals surface area contributed by atoms with E-state index in [0.717, 1.165) is 5.57 Å². The van der Waals surface area contributed by atoms with Gasteiger partial charge in [-0.15, -0.1) is 13.2 Å². The van der Waals surface area contributed by atoms with E-state index >= 15 is 9.59 Å². The van der Waals surface area contributed by atoms with Gasteiger partial charge in [-0.1, -0.05) is 84.4 Å². The predicted molar refractivity (Wildman–Crippen MR) is 506 cm³/mol. The zero-order valence-electron chi connectivity index (χ0n) is 87.2. The maximum absolute atomic E-state index is 16.9. The molecule has 0 spiro atoms. The van der Waals surface area contributed by atoms with Gasteiger partial charge in [0, 0.05) is 23.0 Å². The highest BCUT2D eigenvalue weighted by Gasteiger charge is 2.75. The average Bonchev–Trinajstić information content (AvgIpc) is 0.778.